The van der Waals surface area contributed by atoms with Crippen LogP contribution in [0.4, 0.5) is 4.79 Å². The second kappa shape index (κ2) is 5.01. The molecule has 1 aromatic carbocycles. The van der Waals surface area contributed by atoms with E-state index in [1.807, 2.05) is 18.7 Å². The van der Waals surface area contributed by atoms with E-state index < -0.39 is 0 Å². The maximum atomic E-state index is 12.1. The zero-order valence-corrected chi connectivity index (χ0v) is 11.5. The fraction of sp³-hybridized carbons (Fsp3) is 0.533. The van der Waals surface area contributed by atoms with Crippen LogP contribution in [0.5, 0.6) is 0 Å². The van der Waals surface area contributed by atoms with Gasteiger partial charge >= 0.3 is 6.03 Å². The molecule has 0 aliphatic heterocycles. The summed E-state index contributed by atoms with van der Waals surface area (Å²) in [6, 6.07) is 8.53. The third-order valence-corrected chi connectivity index (χ3v) is 3.75. The number of carbonyl (C=O) groups excluding carboxylic acids is 1. The largest absolute Gasteiger partial charge is 0.328 e. The maximum absolute atomic E-state index is 12.1. The van der Waals surface area contributed by atoms with Crippen LogP contribution in [0.3, 0.4) is 0 Å². The number of urea groups is 1. The van der Waals surface area contributed by atoms with Crippen LogP contribution in [0.15, 0.2) is 24.3 Å². The lowest BCUT2D eigenvalue weighted by Crippen LogP contribution is -2.44. The predicted molar refractivity (Wildman–Crippen MR) is 73.5 cm³/mol. The van der Waals surface area contributed by atoms with Crippen LogP contribution in [0.25, 0.3) is 0 Å². The Morgan fingerprint density at radius 3 is 2.22 bits per heavy atom. The van der Waals surface area contributed by atoms with Crippen LogP contribution in [0.2, 0.25) is 0 Å². The van der Waals surface area contributed by atoms with Crippen molar-refractivity contribution < 1.29 is 4.79 Å². The van der Waals surface area contributed by atoms with Gasteiger partial charge in [0.1, 0.15) is 0 Å². The first-order valence-corrected chi connectivity index (χ1v) is 6.75. The Balaban J connectivity index is 2.08. The molecule has 0 spiro atoms. The second-order valence-electron chi connectivity index (χ2n) is 5.05. The van der Waals surface area contributed by atoms with E-state index in [2.05, 4.69) is 36.5 Å². The van der Waals surface area contributed by atoms with E-state index in [0.29, 0.717) is 0 Å². The molecular weight excluding hydrogens is 224 g/mol. The van der Waals surface area contributed by atoms with Crippen molar-refractivity contribution in [2.45, 2.75) is 39.2 Å². The molecule has 2 amide bonds. The number of carbonyl (C=O) groups is 1. The van der Waals surface area contributed by atoms with Crippen molar-refractivity contribution in [2.75, 3.05) is 13.1 Å². The molecular formula is C15H22N2O. The molecule has 0 bridgehead atoms. The summed E-state index contributed by atoms with van der Waals surface area (Å²) < 4.78 is 0. The van der Waals surface area contributed by atoms with Crippen molar-refractivity contribution in [3.63, 3.8) is 0 Å². The number of nitrogens with zero attached hydrogens (tertiary/aromatic N) is 1. The summed E-state index contributed by atoms with van der Waals surface area (Å²) in [4.78, 5) is 13.9. The molecule has 1 aromatic rings. The molecule has 98 valence electrons. The van der Waals surface area contributed by atoms with Gasteiger partial charge in [0.05, 0.1) is 5.54 Å². The molecule has 1 fully saturated rings. The van der Waals surface area contributed by atoms with Gasteiger partial charge < -0.3 is 10.2 Å². The number of hydrogen-bond acceptors (Lipinski definition) is 1. The van der Waals surface area contributed by atoms with Gasteiger partial charge in [-0.3, -0.25) is 0 Å². The minimum absolute atomic E-state index is 0.0538. The fourth-order valence-corrected chi connectivity index (χ4v) is 2.28. The van der Waals surface area contributed by atoms with Crippen molar-refractivity contribution >= 4 is 6.03 Å². The predicted octanol–water partition coefficient (Wildman–Crippen LogP) is 3.04. The van der Waals surface area contributed by atoms with E-state index in [-0.39, 0.29) is 11.6 Å². The smallest absolute Gasteiger partial charge is 0.318 e. The summed E-state index contributed by atoms with van der Waals surface area (Å²) in [5, 5.41) is 3.19. The van der Waals surface area contributed by atoms with Crippen LogP contribution in [0, 0.1) is 6.92 Å². The van der Waals surface area contributed by atoms with E-state index >= 15 is 0 Å². The van der Waals surface area contributed by atoms with Gasteiger partial charge in [0.2, 0.25) is 0 Å². The van der Waals surface area contributed by atoms with Crippen LogP contribution in [0.1, 0.15) is 37.8 Å². The third-order valence-electron chi connectivity index (χ3n) is 3.75. The zero-order valence-electron chi connectivity index (χ0n) is 11.5. The SMILES string of the molecule is CCN(CC)C(=O)NC1(c2ccc(C)cc2)CC1. The highest BCUT2D eigenvalue weighted by atomic mass is 16.2. The normalized spacial score (nSPS) is 16.2. The molecule has 1 N–H and O–H groups in total. The van der Waals surface area contributed by atoms with Crippen molar-refractivity contribution in [1.82, 2.24) is 10.2 Å². The van der Waals surface area contributed by atoms with Crippen molar-refractivity contribution in [3.8, 4) is 0 Å². The van der Waals surface area contributed by atoms with Crippen molar-refractivity contribution in [1.29, 1.82) is 0 Å². The van der Waals surface area contributed by atoms with Crippen LogP contribution >= 0.6 is 0 Å². The Kier molecular flexibility index (Phi) is 3.60. The summed E-state index contributed by atoms with van der Waals surface area (Å²) in [7, 11) is 0. The molecule has 0 radical (unpaired) electrons. The Bertz CT molecular complexity index is 417. The fourth-order valence-electron chi connectivity index (χ4n) is 2.28. The average molecular weight is 246 g/mol. The van der Waals surface area contributed by atoms with Gasteiger partial charge in [-0.05, 0) is 39.2 Å². The van der Waals surface area contributed by atoms with E-state index in [1.165, 1.54) is 11.1 Å². The minimum Gasteiger partial charge on any atom is -0.328 e. The molecule has 3 heteroatoms. The molecule has 18 heavy (non-hydrogen) atoms. The number of amides is 2. The summed E-state index contributed by atoms with van der Waals surface area (Å²) >= 11 is 0. The quantitative estimate of drug-likeness (QED) is 0.870. The van der Waals surface area contributed by atoms with Gasteiger partial charge in [-0.25, -0.2) is 4.79 Å². The van der Waals surface area contributed by atoms with Gasteiger partial charge in [-0.2, -0.15) is 0 Å². The number of benzene rings is 1. The molecule has 0 saturated heterocycles. The van der Waals surface area contributed by atoms with Crippen LogP contribution < -0.4 is 5.32 Å². The Morgan fingerprint density at radius 1 is 1.22 bits per heavy atom. The number of aryl methyl sites for hydroxylation is 1. The topological polar surface area (TPSA) is 32.3 Å². The molecule has 0 aromatic heterocycles. The van der Waals surface area contributed by atoms with E-state index in [9.17, 15) is 4.79 Å². The van der Waals surface area contributed by atoms with Crippen LogP contribution in [-0.4, -0.2) is 24.0 Å². The van der Waals surface area contributed by atoms with Gasteiger partial charge in [0, 0.05) is 13.1 Å². The monoisotopic (exact) mass is 246 g/mol. The highest BCUT2D eigenvalue weighted by Gasteiger charge is 2.46. The summed E-state index contributed by atoms with van der Waals surface area (Å²) in [6.07, 6.45) is 2.09. The molecule has 3 nitrogen and oxygen atoms in total. The van der Waals surface area contributed by atoms with Crippen molar-refractivity contribution in [3.05, 3.63) is 35.4 Å². The lowest BCUT2D eigenvalue weighted by molar-refractivity contribution is 0.197. The molecule has 1 aliphatic rings. The molecule has 2 rings (SSSR count). The molecule has 1 aliphatic carbocycles. The first-order chi connectivity index (χ1) is 8.61. The molecule has 0 atom stereocenters. The van der Waals surface area contributed by atoms with Gasteiger partial charge in [-0.15, -0.1) is 0 Å². The Morgan fingerprint density at radius 2 is 1.78 bits per heavy atom. The summed E-state index contributed by atoms with van der Waals surface area (Å²) in [6.45, 7) is 7.61. The van der Waals surface area contributed by atoms with E-state index in [0.717, 1.165) is 25.9 Å². The minimum atomic E-state index is -0.104. The lowest BCUT2D eigenvalue weighted by Gasteiger charge is -2.24. The standard InChI is InChI=1S/C15H22N2O/c1-4-17(5-2)14(18)16-15(10-11-15)13-8-6-12(3)7-9-13/h6-9H,4-5,10-11H2,1-3H3,(H,16,18). The van der Waals surface area contributed by atoms with Gasteiger partial charge in [0.15, 0.2) is 0 Å². The molecule has 0 unspecified atom stereocenters. The second-order valence-corrected chi connectivity index (χ2v) is 5.05. The van der Waals surface area contributed by atoms with Crippen molar-refractivity contribution in [2.24, 2.45) is 0 Å². The highest BCUT2D eigenvalue weighted by molar-refractivity contribution is 5.76. The lowest BCUT2D eigenvalue weighted by atomic mass is 10.0. The summed E-state index contributed by atoms with van der Waals surface area (Å²) in [5.41, 5.74) is 2.38. The van der Waals surface area contributed by atoms with E-state index in [1.54, 1.807) is 0 Å². The maximum Gasteiger partial charge on any atom is 0.318 e. The van der Waals surface area contributed by atoms with E-state index in [4.69, 9.17) is 0 Å². The summed E-state index contributed by atoms with van der Waals surface area (Å²) in [5.74, 6) is 0. The molecule has 0 heterocycles. The first kappa shape index (κ1) is 12.9. The average Bonchev–Trinajstić information content (AvgIpc) is 3.12. The first-order valence-electron chi connectivity index (χ1n) is 6.75. The Labute approximate surface area is 109 Å². The van der Waals surface area contributed by atoms with Gasteiger partial charge in [-0.1, -0.05) is 29.8 Å². The zero-order chi connectivity index (χ0) is 13.2. The number of nitrogens with one attached hydrogen (secondary N) is 1. The Hall–Kier alpha value is -1.51. The van der Waals surface area contributed by atoms with Crippen LogP contribution in [-0.2, 0) is 5.54 Å². The molecule has 1 saturated carbocycles. The third kappa shape index (κ3) is 2.50. The highest BCUT2D eigenvalue weighted by Crippen LogP contribution is 2.45. The number of hydrogen-bond donors (Lipinski definition) is 1. The number of rotatable bonds is 4. The van der Waals surface area contributed by atoms with Gasteiger partial charge in [0.25, 0.3) is 0 Å².